The molecule has 0 aliphatic carbocycles. The Hall–Kier alpha value is -1.63. The lowest BCUT2D eigenvalue weighted by atomic mass is 10.3. The summed E-state index contributed by atoms with van der Waals surface area (Å²) in [6, 6.07) is 2.40. The summed E-state index contributed by atoms with van der Waals surface area (Å²) in [6.45, 7) is 0.339. The van der Waals surface area contributed by atoms with E-state index in [0.29, 0.717) is 18.7 Å². The smallest absolute Gasteiger partial charge is 0.330 e. The molecule has 0 radical (unpaired) electrons. The zero-order chi connectivity index (χ0) is 11.8. The molecule has 0 amide bonds. The molecule has 4 nitrogen and oxygen atoms in total. The minimum absolute atomic E-state index is 0.179. The molecule has 0 aliphatic heterocycles. The topological polar surface area (TPSA) is 56.2 Å². The quantitative estimate of drug-likeness (QED) is 0.844. The Labute approximate surface area is 88.9 Å². The van der Waals surface area contributed by atoms with Crippen LogP contribution in [0.15, 0.2) is 18.3 Å². The lowest BCUT2D eigenvalue weighted by molar-refractivity contribution is -0.142. The van der Waals surface area contributed by atoms with Crippen LogP contribution < -0.4 is 5.73 Å². The molecule has 0 aliphatic rings. The van der Waals surface area contributed by atoms with Gasteiger partial charge in [-0.15, -0.1) is 0 Å². The highest BCUT2D eigenvalue weighted by Gasteiger charge is 2.34. The molecular formula is C9H9F3N4. The zero-order valence-electron chi connectivity index (χ0n) is 8.20. The molecule has 16 heavy (non-hydrogen) atoms. The number of alkyl halides is 3. The van der Waals surface area contributed by atoms with Gasteiger partial charge in [-0.2, -0.15) is 18.3 Å². The minimum Gasteiger partial charge on any atom is -0.330 e. The SMILES string of the molecule is NCCc1cc2nccc(C(F)(F)F)n2n1. The van der Waals surface area contributed by atoms with Crippen molar-refractivity contribution in [1.82, 2.24) is 14.6 Å². The van der Waals surface area contributed by atoms with E-state index in [1.807, 2.05) is 0 Å². The maximum atomic E-state index is 12.6. The van der Waals surface area contributed by atoms with E-state index in [2.05, 4.69) is 10.1 Å². The Morgan fingerprint density at radius 3 is 2.75 bits per heavy atom. The van der Waals surface area contributed by atoms with E-state index in [1.54, 1.807) is 0 Å². The first kappa shape index (κ1) is 10.9. The van der Waals surface area contributed by atoms with Gasteiger partial charge in [0.1, 0.15) is 5.69 Å². The number of rotatable bonds is 2. The van der Waals surface area contributed by atoms with Crippen LogP contribution in [0.3, 0.4) is 0 Å². The van der Waals surface area contributed by atoms with Gasteiger partial charge in [0.25, 0.3) is 0 Å². The molecule has 0 fully saturated rings. The highest BCUT2D eigenvalue weighted by Crippen LogP contribution is 2.28. The summed E-state index contributed by atoms with van der Waals surface area (Å²) in [7, 11) is 0. The molecule has 0 bridgehead atoms. The molecule has 2 rings (SSSR count). The summed E-state index contributed by atoms with van der Waals surface area (Å²) >= 11 is 0. The molecular weight excluding hydrogens is 221 g/mol. The summed E-state index contributed by atoms with van der Waals surface area (Å²) in [4.78, 5) is 3.82. The first-order valence-corrected chi connectivity index (χ1v) is 4.63. The van der Waals surface area contributed by atoms with Gasteiger partial charge in [0.05, 0.1) is 5.69 Å². The first-order chi connectivity index (χ1) is 7.52. The molecule has 2 aromatic heterocycles. The molecule has 86 valence electrons. The molecule has 0 unspecified atom stereocenters. The summed E-state index contributed by atoms with van der Waals surface area (Å²) in [5.74, 6) is 0. The van der Waals surface area contributed by atoms with Crippen molar-refractivity contribution >= 4 is 5.65 Å². The fourth-order valence-corrected chi connectivity index (χ4v) is 1.43. The molecule has 2 N–H and O–H groups in total. The third-order valence-electron chi connectivity index (χ3n) is 2.10. The van der Waals surface area contributed by atoms with Crippen LogP contribution in [0.2, 0.25) is 0 Å². The van der Waals surface area contributed by atoms with E-state index in [1.165, 1.54) is 6.07 Å². The second kappa shape index (κ2) is 3.75. The van der Waals surface area contributed by atoms with Gasteiger partial charge in [-0.25, -0.2) is 9.50 Å². The number of fused-ring (bicyclic) bond motifs is 1. The number of nitrogens with two attached hydrogens (primary N) is 1. The van der Waals surface area contributed by atoms with Crippen molar-refractivity contribution < 1.29 is 13.2 Å². The monoisotopic (exact) mass is 230 g/mol. The summed E-state index contributed by atoms with van der Waals surface area (Å²) in [6.07, 6.45) is -2.89. The van der Waals surface area contributed by atoms with Gasteiger partial charge in [-0.05, 0) is 12.6 Å². The van der Waals surface area contributed by atoms with Crippen molar-refractivity contribution in [2.45, 2.75) is 12.6 Å². The summed E-state index contributed by atoms with van der Waals surface area (Å²) < 4.78 is 38.6. The minimum atomic E-state index is -4.44. The van der Waals surface area contributed by atoms with Crippen molar-refractivity contribution in [3.05, 3.63) is 29.7 Å². The fourth-order valence-electron chi connectivity index (χ4n) is 1.43. The highest BCUT2D eigenvalue weighted by atomic mass is 19.4. The third kappa shape index (κ3) is 1.85. The van der Waals surface area contributed by atoms with E-state index in [4.69, 9.17) is 5.73 Å². The van der Waals surface area contributed by atoms with Crippen molar-refractivity contribution in [1.29, 1.82) is 0 Å². The second-order valence-corrected chi connectivity index (χ2v) is 3.27. The second-order valence-electron chi connectivity index (χ2n) is 3.27. The van der Waals surface area contributed by atoms with Gasteiger partial charge in [0, 0.05) is 18.7 Å². The Balaban J connectivity index is 2.59. The number of nitrogens with zero attached hydrogens (tertiary/aromatic N) is 3. The van der Waals surface area contributed by atoms with Gasteiger partial charge >= 0.3 is 6.18 Å². The van der Waals surface area contributed by atoms with Gasteiger partial charge in [0.15, 0.2) is 5.65 Å². The van der Waals surface area contributed by atoms with Crippen LogP contribution >= 0.6 is 0 Å². The highest BCUT2D eigenvalue weighted by molar-refractivity contribution is 5.40. The molecule has 0 saturated carbocycles. The Morgan fingerprint density at radius 1 is 1.38 bits per heavy atom. The number of hydrogen-bond acceptors (Lipinski definition) is 3. The van der Waals surface area contributed by atoms with Crippen molar-refractivity contribution in [3.63, 3.8) is 0 Å². The van der Waals surface area contributed by atoms with E-state index in [-0.39, 0.29) is 5.65 Å². The molecule has 7 heteroatoms. The average Bonchev–Trinajstić information content (AvgIpc) is 2.58. The Morgan fingerprint density at radius 2 is 2.12 bits per heavy atom. The van der Waals surface area contributed by atoms with Gasteiger partial charge in [-0.1, -0.05) is 0 Å². The van der Waals surface area contributed by atoms with Crippen LogP contribution in [-0.4, -0.2) is 21.1 Å². The number of halogens is 3. The maximum Gasteiger partial charge on any atom is 0.433 e. The van der Waals surface area contributed by atoms with Gasteiger partial charge < -0.3 is 5.73 Å². The lowest BCUT2D eigenvalue weighted by Crippen LogP contribution is -2.13. The molecule has 0 spiro atoms. The molecule has 0 saturated heterocycles. The third-order valence-corrected chi connectivity index (χ3v) is 2.10. The molecule has 2 aromatic rings. The van der Waals surface area contributed by atoms with Crippen molar-refractivity contribution in [2.24, 2.45) is 5.73 Å². The van der Waals surface area contributed by atoms with E-state index < -0.39 is 11.9 Å². The maximum absolute atomic E-state index is 12.6. The average molecular weight is 230 g/mol. The van der Waals surface area contributed by atoms with Crippen molar-refractivity contribution in [2.75, 3.05) is 6.54 Å². The summed E-state index contributed by atoms with van der Waals surface area (Å²) in [5, 5.41) is 3.82. The standard InChI is InChI=1S/C9H9F3N4/c10-9(11,12)7-2-4-14-8-5-6(1-3-13)15-16(7)8/h2,4-5H,1,3,13H2. The van der Waals surface area contributed by atoms with Crippen LogP contribution in [0, 0.1) is 0 Å². The summed E-state index contributed by atoms with van der Waals surface area (Å²) in [5.41, 5.74) is 5.17. The largest absolute Gasteiger partial charge is 0.433 e. The van der Waals surface area contributed by atoms with E-state index in [9.17, 15) is 13.2 Å². The predicted molar refractivity (Wildman–Crippen MR) is 50.7 cm³/mol. The number of aromatic nitrogens is 3. The van der Waals surface area contributed by atoms with E-state index in [0.717, 1.165) is 16.8 Å². The molecule has 2 heterocycles. The molecule has 0 atom stereocenters. The first-order valence-electron chi connectivity index (χ1n) is 4.63. The van der Waals surface area contributed by atoms with Gasteiger partial charge in [0.2, 0.25) is 0 Å². The fraction of sp³-hybridized carbons (Fsp3) is 0.333. The van der Waals surface area contributed by atoms with Crippen LogP contribution in [0.25, 0.3) is 5.65 Å². The predicted octanol–water partition coefficient (Wildman–Crippen LogP) is 1.25. The van der Waals surface area contributed by atoms with Crippen molar-refractivity contribution in [3.8, 4) is 0 Å². The van der Waals surface area contributed by atoms with Gasteiger partial charge in [-0.3, -0.25) is 0 Å². The van der Waals surface area contributed by atoms with Crippen LogP contribution in [0.5, 0.6) is 0 Å². The zero-order valence-corrected chi connectivity index (χ0v) is 8.20. The number of hydrogen-bond donors (Lipinski definition) is 1. The lowest BCUT2D eigenvalue weighted by Gasteiger charge is -2.07. The molecule has 0 aromatic carbocycles. The Bertz CT molecular complexity index is 503. The normalized spacial score (nSPS) is 12.2. The Kier molecular flexibility index (Phi) is 2.55. The van der Waals surface area contributed by atoms with Crippen LogP contribution in [0.1, 0.15) is 11.4 Å². The van der Waals surface area contributed by atoms with Crippen LogP contribution in [-0.2, 0) is 12.6 Å². The van der Waals surface area contributed by atoms with E-state index >= 15 is 0 Å². The van der Waals surface area contributed by atoms with Crippen LogP contribution in [0.4, 0.5) is 13.2 Å².